The van der Waals surface area contributed by atoms with Gasteiger partial charge in [0.2, 0.25) is 5.91 Å². The summed E-state index contributed by atoms with van der Waals surface area (Å²) in [5.74, 6) is 0.0262. The first-order valence-corrected chi connectivity index (χ1v) is 6.69. The van der Waals surface area contributed by atoms with Gasteiger partial charge < -0.3 is 15.2 Å². The molecule has 0 aromatic heterocycles. The van der Waals surface area contributed by atoms with Crippen molar-refractivity contribution in [3.63, 3.8) is 0 Å². The second-order valence-electron chi connectivity index (χ2n) is 4.87. The average Bonchev–Trinajstić information content (AvgIpc) is 2.87. The summed E-state index contributed by atoms with van der Waals surface area (Å²) in [4.78, 5) is 11.8. The van der Waals surface area contributed by atoms with Crippen molar-refractivity contribution in [2.75, 3.05) is 13.2 Å². The summed E-state index contributed by atoms with van der Waals surface area (Å²) in [6.45, 7) is 4.81. The second kappa shape index (κ2) is 6.97. The van der Waals surface area contributed by atoms with Crippen molar-refractivity contribution in [1.29, 1.82) is 0 Å². The molecule has 1 unspecified atom stereocenters. The van der Waals surface area contributed by atoms with E-state index in [-0.39, 0.29) is 18.6 Å². The lowest BCUT2D eigenvalue weighted by molar-refractivity contribution is -0.124. The van der Waals surface area contributed by atoms with Gasteiger partial charge >= 0.3 is 0 Å². The molecule has 1 heterocycles. The third-order valence-corrected chi connectivity index (χ3v) is 3.78. The maximum absolute atomic E-state index is 11.8. The van der Waals surface area contributed by atoms with Crippen LogP contribution in [0.3, 0.4) is 0 Å². The SMILES string of the molecule is CCC(CC)(CO)NC(=O)CCC1CCCO1. The van der Waals surface area contributed by atoms with Gasteiger partial charge in [0.1, 0.15) is 0 Å². The van der Waals surface area contributed by atoms with Gasteiger partial charge in [0.05, 0.1) is 18.2 Å². The van der Waals surface area contributed by atoms with Gasteiger partial charge in [-0.25, -0.2) is 0 Å². The number of hydrogen-bond acceptors (Lipinski definition) is 3. The Balaban J connectivity index is 2.31. The predicted molar refractivity (Wildman–Crippen MR) is 66.7 cm³/mol. The molecule has 1 saturated heterocycles. The summed E-state index contributed by atoms with van der Waals surface area (Å²) in [7, 11) is 0. The Hall–Kier alpha value is -0.610. The molecule has 0 aromatic rings. The van der Waals surface area contributed by atoms with Crippen LogP contribution in [0.25, 0.3) is 0 Å². The maximum Gasteiger partial charge on any atom is 0.220 e. The first-order chi connectivity index (χ1) is 8.15. The van der Waals surface area contributed by atoms with E-state index in [1.165, 1.54) is 0 Å². The molecule has 1 amide bonds. The number of hydrogen-bond donors (Lipinski definition) is 2. The van der Waals surface area contributed by atoms with Gasteiger partial charge in [-0.15, -0.1) is 0 Å². The number of carbonyl (C=O) groups excluding carboxylic acids is 1. The summed E-state index contributed by atoms with van der Waals surface area (Å²) in [6.07, 6.45) is 5.23. The van der Waals surface area contributed by atoms with Crippen LogP contribution in [0.15, 0.2) is 0 Å². The van der Waals surface area contributed by atoms with E-state index < -0.39 is 5.54 Å². The molecular formula is C13H25NO3. The zero-order valence-corrected chi connectivity index (χ0v) is 11.0. The Morgan fingerprint density at radius 2 is 2.18 bits per heavy atom. The minimum atomic E-state index is -0.437. The zero-order chi connectivity index (χ0) is 12.7. The van der Waals surface area contributed by atoms with Crippen LogP contribution < -0.4 is 5.32 Å². The van der Waals surface area contributed by atoms with E-state index in [2.05, 4.69) is 5.32 Å². The first-order valence-electron chi connectivity index (χ1n) is 6.69. The highest BCUT2D eigenvalue weighted by Crippen LogP contribution is 2.18. The Morgan fingerprint density at radius 1 is 1.47 bits per heavy atom. The molecule has 17 heavy (non-hydrogen) atoms. The molecule has 4 heteroatoms. The monoisotopic (exact) mass is 243 g/mol. The average molecular weight is 243 g/mol. The van der Waals surface area contributed by atoms with Crippen molar-refractivity contribution in [3.05, 3.63) is 0 Å². The molecule has 0 radical (unpaired) electrons. The Labute approximate surface area is 104 Å². The van der Waals surface area contributed by atoms with Crippen LogP contribution in [0.4, 0.5) is 0 Å². The van der Waals surface area contributed by atoms with E-state index in [1.54, 1.807) is 0 Å². The number of carbonyl (C=O) groups is 1. The van der Waals surface area contributed by atoms with E-state index in [4.69, 9.17) is 4.74 Å². The molecule has 1 rings (SSSR count). The summed E-state index contributed by atoms with van der Waals surface area (Å²) in [5.41, 5.74) is -0.437. The number of rotatable bonds is 7. The molecule has 0 bridgehead atoms. The molecule has 0 aliphatic carbocycles. The van der Waals surface area contributed by atoms with Crippen LogP contribution >= 0.6 is 0 Å². The van der Waals surface area contributed by atoms with E-state index >= 15 is 0 Å². The fourth-order valence-corrected chi connectivity index (χ4v) is 2.21. The molecule has 1 atom stereocenters. The van der Waals surface area contributed by atoms with Gasteiger partial charge in [0.25, 0.3) is 0 Å². The normalized spacial score (nSPS) is 20.5. The smallest absolute Gasteiger partial charge is 0.220 e. The quantitative estimate of drug-likeness (QED) is 0.714. The molecule has 0 spiro atoms. The summed E-state index contributed by atoms with van der Waals surface area (Å²) in [6, 6.07) is 0. The first kappa shape index (κ1) is 14.5. The van der Waals surface area contributed by atoms with Gasteiger partial charge in [0.15, 0.2) is 0 Å². The lowest BCUT2D eigenvalue weighted by atomic mass is 9.93. The van der Waals surface area contributed by atoms with E-state index in [1.807, 2.05) is 13.8 Å². The molecule has 1 fully saturated rings. The number of aliphatic hydroxyl groups is 1. The predicted octanol–water partition coefficient (Wildman–Crippen LogP) is 1.61. The van der Waals surface area contributed by atoms with Crippen LogP contribution in [0.5, 0.6) is 0 Å². The van der Waals surface area contributed by atoms with Crippen LogP contribution in [0, 0.1) is 0 Å². The van der Waals surface area contributed by atoms with Gasteiger partial charge in [-0.1, -0.05) is 13.8 Å². The summed E-state index contributed by atoms with van der Waals surface area (Å²) < 4.78 is 5.48. The molecule has 1 aliphatic rings. The van der Waals surface area contributed by atoms with Crippen molar-refractivity contribution in [1.82, 2.24) is 5.32 Å². The maximum atomic E-state index is 11.8. The fraction of sp³-hybridized carbons (Fsp3) is 0.923. The van der Waals surface area contributed by atoms with Crippen molar-refractivity contribution < 1.29 is 14.6 Å². The van der Waals surface area contributed by atoms with Crippen molar-refractivity contribution in [2.45, 2.75) is 64.0 Å². The van der Waals surface area contributed by atoms with Gasteiger partial charge in [-0.05, 0) is 32.1 Å². The zero-order valence-electron chi connectivity index (χ0n) is 11.0. The number of ether oxygens (including phenoxy) is 1. The van der Waals surface area contributed by atoms with Gasteiger partial charge in [0, 0.05) is 13.0 Å². The number of nitrogens with one attached hydrogen (secondary N) is 1. The Bertz CT molecular complexity index is 225. The third-order valence-electron chi connectivity index (χ3n) is 3.78. The molecule has 0 saturated carbocycles. The second-order valence-corrected chi connectivity index (χ2v) is 4.87. The highest BCUT2D eigenvalue weighted by Gasteiger charge is 2.27. The molecule has 1 aliphatic heterocycles. The summed E-state index contributed by atoms with van der Waals surface area (Å²) in [5, 5.41) is 12.3. The Kier molecular flexibility index (Phi) is 5.92. The van der Waals surface area contributed by atoms with E-state index in [9.17, 15) is 9.90 Å². The highest BCUT2D eigenvalue weighted by atomic mass is 16.5. The van der Waals surface area contributed by atoms with Crippen molar-refractivity contribution in [3.8, 4) is 0 Å². The molecule has 100 valence electrons. The number of amides is 1. The molecule has 0 aromatic carbocycles. The summed E-state index contributed by atoms with van der Waals surface area (Å²) >= 11 is 0. The molecular weight excluding hydrogens is 218 g/mol. The van der Waals surface area contributed by atoms with E-state index in [0.717, 1.165) is 38.7 Å². The van der Waals surface area contributed by atoms with Gasteiger partial charge in [-0.2, -0.15) is 0 Å². The largest absolute Gasteiger partial charge is 0.394 e. The van der Waals surface area contributed by atoms with Crippen LogP contribution in [0.2, 0.25) is 0 Å². The Morgan fingerprint density at radius 3 is 2.65 bits per heavy atom. The van der Waals surface area contributed by atoms with Gasteiger partial charge in [-0.3, -0.25) is 4.79 Å². The molecule has 4 nitrogen and oxygen atoms in total. The lowest BCUT2D eigenvalue weighted by Crippen LogP contribution is -2.50. The van der Waals surface area contributed by atoms with Crippen LogP contribution in [0.1, 0.15) is 52.4 Å². The minimum absolute atomic E-state index is 0.00562. The standard InChI is InChI=1S/C13H25NO3/c1-3-13(4-2,10-15)14-12(16)8-7-11-6-5-9-17-11/h11,15H,3-10H2,1-2H3,(H,14,16). The van der Waals surface area contributed by atoms with Crippen molar-refractivity contribution in [2.24, 2.45) is 0 Å². The molecule has 2 N–H and O–H groups in total. The van der Waals surface area contributed by atoms with E-state index in [0.29, 0.717) is 6.42 Å². The third kappa shape index (κ3) is 4.28. The fourth-order valence-electron chi connectivity index (χ4n) is 2.21. The van der Waals surface area contributed by atoms with Crippen LogP contribution in [-0.4, -0.2) is 35.9 Å². The number of aliphatic hydroxyl groups excluding tert-OH is 1. The van der Waals surface area contributed by atoms with Crippen molar-refractivity contribution >= 4 is 5.91 Å². The topological polar surface area (TPSA) is 58.6 Å². The lowest BCUT2D eigenvalue weighted by Gasteiger charge is -2.30. The van der Waals surface area contributed by atoms with Crippen LogP contribution in [-0.2, 0) is 9.53 Å². The highest BCUT2D eigenvalue weighted by molar-refractivity contribution is 5.76. The minimum Gasteiger partial charge on any atom is -0.394 e.